The van der Waals surface area contributed by atoms with Crippen molar-refractivity contribution in [2.75, 3.05) is 19.0 Å². The molecule has 0 radical (unpaired) electrons. The summed E-state index contributed by atoms with van der Waals surface area (Å²) in [6.45, 7) is 2.00. The highest BCUT2D eigenvalue weighted by atomic mass is 32.2. The summed E-state index contributed by atoms with van der Waals surface area (Å²) >= 11 is 4.84. The molecule has 5 nitrogen and oxygen atoms in total. The van der Waals surface area contributed by atoms with Crippen LogP contribution in [0.5, 0.6) is 0 Å². The smallest absolute Gasteiger partial charge is 0.203 e. The number of anilines is 1. The number of nitrogens with zero attached hydrogens (tertiary/aromatic N) is 5. The Labute approximate surface area is 164 Å². The maximum Gasteiger partial charge on any atom is 0.203 e. The van der Waals surface area contributed by atoms with E-state index in [0.717, 1.165) is 37.3 Å². The minimum absolute atomic E-state index is 0.820. The van der Waals surface area contributed by atoms with Gasteiger partial charge in [-0.1, -0.05) is 6.07 Å². The van der Waals surface area contributed by atoms with E-state index in [1.807, 2.05) is 27.1 Å². The first-order valence-electron chi connectivity index (χ1n) is 7.99. The van der Waals surface area contributed by atoms with E-state index in [1.54, 1.807) is 34.4 Å². The van der Waals surface area contributed by atoms with E-state index < -0.39 is 0 Å². The van der Waals surface area contributed by atoms with Gasteiger partial charge in [-0.3, -0.25) is 4.57 Å². The molecule has 0 atom stereocenters. The van der Waals surface area contributed by atoms with Crippen LogP contribution < -0.4 is 4.90 Å². The molecule has 0 spiro atoms. The summed E-state index contributed by atoms with van der Waals surface area (Å²) < 4.78 is 3.07. The van der Waals surface area contributed by atoms with Gasteiger partial charge in [0.25, 0.3) is 0 Å². The predicted molar refractivity (Wildman–Crippen MR) is 110 cm³/mol. The van der Waals surface area contributed by atoms with Gasteiger partial charge < -0.3 is 4.90 Å². The number of aryl methyl sites for hydroxylation is 1. The standard InChI is InChI=1S/C18H17N5S3/c1-12-11-25-18(19-12)26-17-21-20-16(15-5-4-10-24-15)23(17)14-8-6-13(7-9-14)22(2)3/h4-11H,1-3H3. The fourth-order valence-corrected chi connectivity index (χ4v) is 4.98. The highest BCUT2D eigenvalue weighted by Gasteiger charge is 2.18. The largest absolute Gasteiger partial charge is 0.378 e. The fourth-order valence-electron chi connectivity index (χ4n) is 2.49. The van der Waals surface area contributed by atoms with E-state index in [2.05, 4.69) is 65.7 Å². The van der Waals surface area contributed by atoms with Crippen molar-refractivity contribution >= 4 is 40.1 Å². The quantitative estimate of drug-likeness (QED) is 0.474. The Morgan fingerprint density at radius 1 is 1.04 bits per heavy atom. The Bertz CT molecular complexity index is 1000. The van der Waals surface area contributed by atoms with Gasteiger partial charge >= 0.3 is 0 Å². The Kier molecular flexibility index (Phi) is 4.80. The van der Waals surface area contributed by atoms with Gasteiger partial charge in [0, 0.05) is 36.5 Å². The zero-order chi connectivity index (χ0) is 18.1. The molecule has 0 saturated carbocycles. The first kappa shape index (κ1) is 17.3. The van der Waals surface area contributed by atoms with Crippen LogP contribution in [0, 0.1) is 6.92 Å². The molecule has 0 N–H and O–H groups in total. The number of hydrogen-bond acceptors (Lipinski definition) is 7. The van der Waals surface area contributed by atoms with Crippen LogP contribution in [0.2, 0.25) is 0 Å². The monoisotopic (exact) mass is 399 g/mol. The van der Waals surface area contributed by atoms with Crippen molar-refractivity contribution < 1.29 is 0 Å². The molecular weight excluding hydrogens is 382 g/mol. The van der Waals surface area contributed by atoms with E-state index in [0.29, 0.717) is 0 Å². The summed E-state index contributed by atoms with van der Waals surface area (Å²) in [6.07, 6.45) is 0. The van der Waals surface area contributed by atoms with Gasteiger partial charge in [0.1, 0.15) is 0 Å². The highest BCUT2D eigenvalue weighted by Crippen LogP contribution is 2.35. The lowest BCUT2D eigenvalue weighted by Gasteiger charge is -2.14. The molecule has 1 aromatic carbocycles. The Balaban J connectivity index is 1.80. The van der Waals surface area contributed by atoms with Gasteiger partial charge in [0.2, 0.25) is 5.16 Å². The van der Waals surface area contributed by atoms with Crippen LogP contribution in [0.25, 0.3) is 16.4 Å². The lowest BCUT2D eigenvalue weighted by atomic mass is 10.2. The highest BCUT2D eigenvalue weighted by molar-refractivity contribution is 8.00. The van der Waals surface area contributed by atoms with Crippen molar-refractivity contribution in [1.82, 2.24) is 19.7 Å². The summed E-state index contributed by atoms with van der Waals surface area (Å²) in [6, 6.07) is 12.5. The Morgan fingerprint density at radius 3 is 2.46 bits per heavy atom. The van der Waals surface area contributed by atoms with Crippen LogP contribution >= 0.6 is 34.4 Å². The SMILES string of the molecule is Cc1csc(Sc2nnc(-c3cccs3)n2-c2ccc(N(C)C)cc2)n1. The van der Waals surface area contributed by atoms with Crippen LogP contribution in [0.3, 0.4) is 0 Å². The molecule has 26 heavy (non-hydrogen) atoms. The minimum atomic E-state index is 0.820. The van der Waals surface area contributed by atoms with E-state index in [-0.39, 0.29) is 0 Å². The third-order valence-electron chi connectivity index (χ3n) is 3.78. The van der Waals surface area contributed by atoms with E-state index in [1.165, 1.54) is 0 Å². The molecule has 3 aromatic heterocycles. The second-order valence-corrected chi connectivity index (χ2v) is 8.91. The zero-order valence-corrected chi connectivity index (χ0v) is 17.0. The predicted octanol–water partition coefficient (Wildman–Crippen LogP) is 4.98. The summed E-state index contributed by atoms with van der Waals surface area (Å²) in [5, 5.41) is 13.8. The van der Waals surface area contributed by atoms with Crippen LogP contribution in [-0.4, -0.2) is 33.8 Å². The number of thiazole rings is 1. The molecule has 132 valence electrons. The number of benzene rings is 1. The van der Waals surface area contributed by atoms with E-state index >= 15 is 0 Å². The minimum Gasteiger partial charge on any atom is -0.378 e. The summed E-state index contributed by atoms with van der Waals surface area (Å²) in [5.41, 5.74) is 3.22. The molecular formula is C18H17N5S3. The number of rotatable bonds is 5. The Hall–Kier alpha value is -2.16. The number of aromatic nitrogens is 4. The second-order valence-electron chi connectivity index (χ2n) is 5.89. The Morgan fingerprint density at radius 2 is 1.85 bits per heavy atom. The molecule has 0 fully saturated rings. The van der Waals surface area contributed by atoms with Crippen molar-refractivity contribution in [2.45, 2.75) is 16.4 Å². The molecule has 0 saturated heterocycles. The average Bonchev–Trinajstić information content (AvgIpc) is 3.36. The number of hydrogen-bond donors (Lipinski definition) is 0. The third-order valence-corrected chi connectivity index (χ3v) is 6.64. The first-order valence-corrected chi connectivity index (χ1v) is 10.6. The average molecular weight is 400 g/mol. The maximum atomic E-state index is 4.55. The molecule has 0 bridgehead atoms. The molecule has 0 aliphatic rings. The lowest BCUT2D eigenvalue weighted by molar-refractivity contribution is 0.885. The summed E-state index contributed by atoms with van der Waals surface area (Å²) in [4.78, 5) is 7.73. The van der Waals surface area contributed by atoms with Crippen molar-refractivity contribution in [2.24, 2.45) is 0 Å². The normalized spacial score (nSPS) is 11.0. The maximum absolute atomic E-state index is 4.55. The number of thiophene rings is 1. The molecule has 8 heteroatoms. The fraction of sp³-hybridized carbons (Fsp3) is 0.167. The van der Waals surface area contributed by atoms with Crippen LogP contribution in [-0.2, 0) is 0 Å². The summed E-state index contributed by atoms with van der Waals surface area (Å²) in [7, 11) is 4.08. The van der Waals surface area contributed by atoms with Crippen LogP contribution in [0.4, 0.5) is 5.69 Å². The first-order chi connectivity index (χ1) is 12.6. The molecule has 0 aliphatic heterocycles. The lowest BCUT2D eigenvalue weighted by Crippen LogP contribution is -2.08. The van der Waals surface area contributed by atoms with Gasteiger partial charge in [-0.05, 0) is 54.4 Å². The van der Waals surface area contributed by atoms with Gasteiger partial charge in [-0.2, -0.15) is 0 Å². The zero-order valence-electron chi connectivity index (χ0n) is 14.6. The van der Waals surface area contributed by atoms with E-state index in [4.69, 9.17) is 0 Å². The molecule has 0 unspecified atom stereocenters. The van der Waals surface area contributed by atoms with Gasteiger partial charge in [0.05, 0.1) is 4.88 Å². The molecule has 3 heterocycles. The van der Waals surface area contributed by atoms with Gasteiger partial charge in [-0.25, -0.2) is 4.98 Å². The molecule has 4 rings (SSSR count). The molecule has 4 aromatic rings. The van der Waals surface area contributed by atoms with Crippen LogP contribution in [0.15, 0.2) is 56.7 Å². The van der Waals surface area contributed by atoms with Crippen molar-refractivity contribution in [3.63, 3.8) is 0 Å². The topological polar surface area (TPSA) is 46.8 Å². The van der Waals surface area contributed by atoms with Crippen molar-refractivity contribution in [1.29, 1.82) is 0 Å². The van der Waals surface area contributed by atoms with Gasteiger partial charge in [0.15, 0.2) is 10.2 Å². The van der Waals surface area contributed by atoms with Crippen molar-refractivity contribution in [3.05, 3.63) is 52.9 Å². The summed E-state index contributed by atoms with van der Waals surface area (Å²) in [5.74, 6) is 0.855. The van der Waals surface area contributed by atoms with E-state index in [9.17, 15) is 0 Å². The third kappa shape index (κ3) is 3.40. The van der Waals surface area contributed by atoms with Crippen LogP contribution in [0.1, 0.15) is 5.69 Å². The second kappa shape index (κ2) is 7.22. The molecule has 0 aliphatic carbocycles. The van der Waals surface area contributed by atoms with Gasteiger partial charge in [-0.15, -0.1) is 32.9 Å². The van der Waals surface area contributed by atoms with Crippen molar-refractivity contribution in [3.8, 4) is 16.4 Å². The molecule has 0 amide bonds.